The van der Waals surface area contributed by atoms with E-state index < -0.39 is 45.7 Å². The summed E-state index contributed by atoms with van der Waals surface area (Å²) in [7, 11) is -0.855. The van der Waals surface area contributed by atoms with Gasteiger partial charge in [0.1, 0.15) is 23.4 Å². The minimum Gasteiger partial charge on any atom is -0.458 e. The van der Waals surface area contributed by atoms with Crippen molar-refractivity contribution in [3.63, 3.8) is 0 Å². The van der Waals surface area contributed by atoms with Gasteiger partial charge in [0.2, 0.25) is 15.9 Å². The lowest BCUT2D eigenvalue weighted by Gasteiger charge is -2.34. The van der Waals surface area contributed by atoms with Crippen molar-refractivity contribution in [2.24, 2.45) is 0 Å². The number of ether oxygens (including phenoxy) is 2. The van der Waals surface area contributed by atoms with Crippen LogP contribution in [0, 0.1) is 6.92 Å². The Balaban J connectivity index is 1.98. The highest BCUT2D eigenvalue weighted by Crippen LogP contribution is 2.31. The summed E-state index contributed by atoms with van der Waals surface area (Å²) >= 11 is 0. The average molecular weight is 560 g/mol. The van der Waals surface area contributed by atoms with Crippen LogP contribution in [0.15, 0.2) is 53.4 Å². The van der Waals surface area contributed by atoms with Crippen LogP contribution in [-0.4, -0.2) is 73.9 Å². The van der Waals surface area contributed by atoms with E-state index in [9.17, 15) is 22.8 Å². The zero-order valence-electron chi connectivity index (χ0n) is 23.5. The van der Waals surface area contributed by atoms with Crippen LogP contribution in [0.5, 0.6) is 5.75 Å². The lowest BCUT2D eigenvalue weighted by Crippen LogP contribution is -2.53. The number of hydrogen-bond acceptors (Lipinski definition) is 7. The number of carbonyl (C=O) groups is 3. The van der Waals surface area contributed by atoms with Crippen molar-refractivity contribution in [3.05, 3.63) is 54.1 Å². The molecule has 2 atom stereocenters. The molecule has 1 aliphatic rings. The molecule has 0 unspecified atom stereocenters. The van der Waals surface area contributed by atoms with Crippen molar-refractivity contribution in [3.8, 4) is 5.75 Å². The van der Waals surface area contributed by atoms with E-state index in [1.807, 2.05) is 6.92 Å². The van der Waals surface area contributed by atoms with Crippen LogP contribution in [0.25, 0.3) is 0 Å². The van der Waals surface area contributed by atoms with E-state index in [1.165, 1.54) is 38.4 Å². The molecule has 0 saturated carbocycles. The Morgan fingerprint density at radius 1 is 1.00 bits per heavy atom. The van der Waals surface area contributed by atoms with Crippen molar-refractivity contribution in [2.75, 3.05) is 25.5 Å². The molecule has 0 radical (unpaired) electrons. The van der Waals surface area contributed by atoms with Gasteiger partial charge in [-0.2, -0.15) is 4.31 Å². The molecule has 0 spiro atoms. The number of aryl methyl sites for hydroxylation is 1. The zero-order chi connectivity index (χ0) is 29.1. The minimum atomic E-state index is -3.96. The van der Waals surface area contributed by atoms with Crippen molar-refractivity contribution >= 4 is 33.7 Å². The van der Waals surface area contributed by atoms with Crippen molar-refractivity contribution in [1.82, 2.24) is 9.21 Å². The summed E-state index contributed by atoms with van der Waals surface area (Å²) in [6, 6.07) is 10.5. The summed E-state index contributed by atoms with van der Waals surface area (Å²) < 4.78 is 39.1. The van der Waals surface area contributed by atoms with Crippen LogP contribution in [0.4, 0.5) is 10.5 Å². The number of amides is 2. The number of esters is 1. The van der Waals surface area contributed by atoms with Crippen molar-refractivity contribution in [2.45, 2.75) is 70.0 Å². The molecule has 1 heterocycles. The summed E-state index contributed by atoms with van der Waals surface area (Å²) in [5.41, 5.74) is 0.459. The lowest BCUT2D eigenvalue weighted by molar-refractivity contribution is -0.157. The molecule has 2 aromatic rings. The number of hydrogen-bond donors (Lipinski definition) is 0. The van der Waals surface area contributed by atoms with E-state index in [0.29, 0.717) is 18.5 Å². The topological polar surface area (TPSA) is 114 Å². The van der Waals surface area contributed by atoms with Gasteiger partial charge in [-0.3, -0.25) is 9.69 Å². The maximum Gasteiger partial charge on any atom is 0.414 e. The fourth-order valence-electron chi connectivity index (χ4n) is 4.18. The molecule has 1 saturated heterocycles. The van der Waals surface area contributed by atoms with Gasteiger partial charge >= 0.3 is 12.1 Å². The SMILES string of the molecule is Cc1ccc(S(=O)(=O)N2CCC[C@H]2C(=O)N(c2ccc(OC(=O)N(C)C)cc2)[C@@H](C)C(=O)OC(C)(C)C)cc1. The number of nitrogens with zero attached hydrogens (tertiary/aromatic N) is 3. The quantitative estimate of drug-likeness (QED) is 0.472. The lowest BCUT2D eigenvalue weighted by atomic mass is 10.1. The van der Waals surface area contributed by atoms with Gasteiger partial charge in [0, 0.05) is 26.3 Å². The normalized spacial score (nSPS) is 16.8. The molecule has 0 bridgehead atoms. The first-order chi connectivity index (χ1) is 18.1. The molecule has 212 valence electrons. The smallest absolute Gasteiger partial charge is 0.414 e. The molecule has 10 nitrogen and oxygen atoms in total. The fourth-order valence-corrected chi connectivity index (χ4v) is 5.83. The number of benzene rings is 2. The van der Waals surface area contributed by atoms with Gasteiger partial charge in [0.15, 0.2) is 0 Å². The first-order valence-electron chi connectivity index (χ1n) is 12.8. The third kappa shape index (κ3) is 7.15. The monoisotopic (exact) mass is 559 g/mol. The first kappa shape index (κ1) is 30.1. The Morgan fingerprint density at radius 2 is 1.59 bits per heavy atom. The van der Waals surface area contributed by atoms with E-state index in [-0.39, 0.29) is 17.2 Å². The zero-order valence-corrected chi connectivity index (χ0v) is 24.3. The third-order valence-corrected chi connectivity index (χ3v) is 8.10. The highest BCUT2D eigenvalue weighted by atomic mass is 32.2. The minimum absolute atomic E-state index is 0.103. The van der Waals surface area contributed by atoms with Gasteiger partial charge in [0.05, 0.1) is 4.90 Å². The van der Waals surface area contributed by atoms with Gasteiger partial charge in [0.25, 0.3) is 0 Å². The second-order valence-corrected chi connectivity index (χ2v) is 12.7. The fraction of sp³-hybridized carbons (Fsp3) is 0.464. The predicted octanol–water partition coefficient (Wildman–Crippen LogP) is 3.97. The molecule has 1 aliphatic heterocycles. The number of rotatable bonds is 7. The van der Waals surface area contributed by atoms with Gasteiger partial charge in [-0.05, 0) is 83.9 Å². The standard InChI is InChI=1S/C28H37N3O7S/c1-19-10-16-23(17-11-19)39(35,36)30-18-8-9-24(30)25(32)31(20(2)26(33)38-28(3,4)5)21-12-14-22(15-13-21)37-27(34)29(6)7/h10-17,20,24H,8-9,18H2,1-7H3/t20-,24-/m0/s1. The summed E-state index contributed by atoms with van der Waals surface area (Å²) in [5.74, 6) is -0.927. The van der Waals surface area contributed by atoms with Crippen LogP contribution < -0.4 is 9.64 Å². The summed E-state index contributed by atoms with van der Waals surface area (Å²) in [5, 5.41) is 0. The van der Waals surface area contributed by atoms with E-state index >= 15 is 0 Å². The molecular weight excluding hydrogens is 522 g/mol. The maximum atomic E-state index is 14.1. The highest BCUT2D eigenvalue weighted by Gasteiger charge is 2.44. The molecular formula is C28H37N3O7S. The van der Waals surface area contributed by atoms with Crippen LogP contribution in [0.1, 0.15) is 46.1 Å². The Hall–Kier alpha value is -3.44. The molecule has 39 heavy (non-hydrogen) atoms. The Morgan fingerprint density at radius 3 is 2.13 bits per heavy atom. The van der Waals surface area contributed by atoms with Gasteiger partial charge in [-0.25, -0.2) is 18.0 Å². The predicted molar refractivity (Wildman–Crippen MR) is 147 cm³/mol. The molecule has 0 N–H and O–H groups in total. The Kier molecular flexibility index (Phi) is 9.07. The van der Waals surface area contributed by atoms with Gasteiger partial charge in [-0.1, -0.05) is 17.7 Å². The van der Waals surface area contributed by atoms with E-state index in [1.54, 1.807) is 66.1 Å². The second-order valence-electron chi connectivity index (χ2n) is 10.8. The molecule has 2 amide bonds. The summed E-state index contributed by atoms with van der Waals surface area (Å²) in [4.78, 5) is 41.7. The summed E-state index contributed by atoms with van der Waals surface area (Å²) in [6.45, 7) is 8.77. The first-order valence-corrected chi connectivity index (χ1v) is 14.2. The number of sulfonamides is 1. The Labute approximate surface area is 230 Å². The van der Waals surface area contributed by atoms with Crippen LogP contribution in [0.2, 0.25) is 0 Å². The third-order valence-electron chi connectivity index (χ3n) is 6.17. The van der Waals surface area contributed by atoms with Crippen LogP contribution in [0.3, 0.4) is 0 Å². The largest absolute Gasteiger partial charge is 0.458 e. The van der Waals surface area contributed by atoms with Crippen LogP contribution in [-0.2, 0) is 24.3 Å². The van der Waals surface area contributed by atoms with E-state index in [4.69, 9.17) is 9.47 Å². The molecule has 2 aromatic carbocycles. The van der Waals surface area contributed by atoms with Gasteiger partial charge in [-0.15, -0.1) is 0 Å². The molecule has 1 fully saturated rings. The van der Waals surface area contributed by atoms with E-state index in [2.05, 4.69) is 0 Å². The highest BCUT2D eigenvalue weighted by molar-refractivity contribution is 7.89. The number of carbonyl (C=O) groups excluding carboxylic acids is 3. The van der Waals surface area contributed by atoms with Gasteiger partial charge < -0.3 is 14.4 Å². The average Bonchev–Trinajstić information content (AvgIpc) is 3.35. The van der Waals surface area contributed by atoms with Crippen molar-refractivity contribution < 1.29 is 32.3 Å². The van der Waals surface area contributed by atoms with Crippen LogP contribution >= 0.6 is 0 Å². The molecule has 11 heteroatoms. The maximum absolute atomic E-state index is 14.1. The molecule has 0 aromatic heterocycles. The molecule has 0 aliphatic carbocycles. The van der Waals surface area contributed by atoms with Crippen molar-refractivity contribution in [1.29, 1.82) is 0 Å². The summed E-state index contributed by atoms with van der Waals surface area (Å²) in [6.07, 6.45) is 0.232. The van der Waals surface area contributed by atoms with E-state index in [0.717, 1.165) is 5.56 Å². The molecule has 3 rings (SSSR count). The second kappa shape index (κ2) is 11.7. The number of anilines is 1. The Bertz CT molecular complexity index is 1300.